The van der Waals surface area contributed by atoms with Crippen LogP contribution in [0.3, 0.4) is 0 Å². The Morgan fingerprint density at radius 1 is 1.37 bits per heavy atom. The minimum Gasteiger partial charge on any atom is -0.458 e. The largest absolute Gasteiger partial charge is 0.458 e. The Balaban J connectivity index is 2.33. The zero-order chi connectivity index (χ0) is 14.2. The van der Waals surface area contributed by atoms with Crippen LogP contribution < -0.4 is 0 Å². The highest BCUT2D eigenvalue weighted by molar-refractivity contribution is 5.91. The Hall–Kier alpha value is -1.39. The molecule has 0 spiro atoms. The first-order valence-corrected chi connectivity index (χ1v) is 6.51. The van der Waals surface area contributed by atoms with Crippen LogP contribution in [-0.4, -0.2) is 34.5 Å². The minimum atomic E-state index is -0.785. The normalized spacial score (nSPS) is 39.3. The summed E-state index contributed by atoms with van der Waals surface area (Å²) in [5.74, 6) is -0.925. The minimum absolute atomic E-state index is 0.296. The van der Waals surface area contributed by atoms with Crippen molar-refractivity contribution in [2.75, 3.05) is 0 Å². The molecule has 1 aliphatic carbocycles. The molecule has 1 saturated heterocycles. The molecule has 2 aliphatic rings. The Labute approximate surface area is 113 Å². The van der Waals surface area contributed by atoms with Crippen molar-refractivity contribution in [1.82, 2.24) is 0 Å². The summed E-state index contributed by atoms with van der Waals surface area (Å²) in [7, 11) is 0. The Kier molecular flexibility index (Phi) is 3.92. The number of aliphatic hydroxyl groups is 2. The smallest absolute Gasteiger partial charge is 0.334 e. The van der Waals surface area contributed by atoms with Crippen molar-refractivity contribution in [2.24, 2.45) is 5.92 Å². The lowest BCUT2D eigenvalue weighted by Gasteiger charge is -2.25. The number of hydrogen-bond donors (Lipinski definition) is 2. The topological polar surface area (TPSA) is 66.8 Å². The Morgan fingerprint density at radius 3 is 2.74 bits per heavy atom. The second-order valence-corrected chi connectivity index (χ2v) is 5.42. The summed E-state index contributed by atoms with van der Waals surface area (Å²) in [6, 6.07) is 0. The Morgan fingerprint density at radius 2 is 2.05 bits per heavy atom. The maximum Gasteiger partial charge on any atom is 0.334 e. The van der Waals surface area contributed by atoms with Crippen LogP contribution in [0.2, 0.25) is 0 Å². The van der Waals surface area contributed by atoms with E-state index in [4.69, 9.17) is 4.74 Å². The fourth-order valence-electron chi connectivity index (χ4n) is 2.68. The highest BCUT2D eigenvalue weighted by Crippen LogP contribution is 2.35. The maximum atomic E-state index is 11.6. The van der Waals surface area contributed by atoms with Crippen molar-refractivity contribution in [3.8, 4) is 0 Å². The number of carbonyl (C=O) groups is 1. The maximum absolute atomic E-state index is 11.6. The van der Waals surface area contributed by atoms with Gasteiger partial charge in [0.1, 0.15) is 6.10 Å². The van der Waals surface area contributed by atoms with Gasteiger partial charge in [-0.2, -0.15) is 0 Å². The predicted molar refractivity (Wildman–Crippen MR) is 71.3 cm³/mol. The fourth-order valence-corrected chi connectivity index (χ4v) is 2.68. The number of fused-ring (bicyclic) bond motifs is 1. The zero-order valence-corrected chi connectivity index (χ0v) is 11.1. The third kappa shape index (κ3) is 2.80. The van der Waals surface area contributed by atoms with Gasteiger partial charge in [0.05, 0.1) is 18.1 Å². The molecule has 4 heteroatoms. The summed E-state index contributed by atoms with van der Waals surface area (Å²) < 4.78 is 5.23. The molecule has 4 nitrogen and oxygen atoms in total. The van der Waals surface area contributed by atoms with E-state index in [-0.39, 0.29) is 0 Å². The molecule has 19 heavy (non-hydrogen) atoms. The lowest BCUT2D eigenvalue weighted by atomic mass is 9.84. The molecule has 0 aromatic rings. The fraction of sp³-hybridized carbons (Fsp3) is 0.533. The highest BCUT2D eigenvalue weighted by atomic mass is 16.6. The zero-order valence-electron chi connectivity index (χ0n) is 11.1. The Bertz CT molecular complexity index is 449. The van der Waals surface area contributed by atoms with Crippen LogP contribution >= 0.6 is 0 Å². The van der Waals surface area contributed by atoms with Crippen LogP contribution in [0, 0.1) is 5.92 Å². The van der Waals surface area contributed by atoms with E-state index in [1.165, 1.54) is 0 Å². The summed E-state index contributed by atoms with van der Waals surface area (Å²) in [6.07, 6.45) is 1.47. The van der Waals surface area contributed by atoms with Crippen LogP contribution in [0.25, 0.3) is 0 Å². The van der Waals surface area contributed by atoms with Gasteiger partial charge in [0.25, 0.3) is 0 Å². The summed E-state index contributed by atoms with van der Waals surface area (Å²) in [6.45, 7) is 9.47. The molecule has 0 aromatic heterocycles. The van der Waals surface area contributed by atoms with Crippen LogP contribution in [-0.2, 0) is 9.53 Å². The van der Waals surface area contributed by atoms with Crippen molar-refractivity contribution in [2.45, 2.75) is 44.5 Å². The highest BCUT2D eigenvalue weighted by Gasteiger charge is 2.42. The lowest BCUT2D eigenvalue weighted by Crippen LogP contribution is -2.30. The van der Waals surface area contributed by atoms with Gasteiger partial charge in [-0.25, -0.2) is 4.79 Å². The molecule has 1 fully saturated rings. The van der Waals surface area contributed by atoms with Crippen LogP contribution in [0.1, 0.15) is 26.2 Å². The van der Waals surface area contributed by atoms with E-state index in [1.807, 2.05) is 6.92 Å². The molecule has 0 aromatic carbocycles. The van der Waals surface area contributed by atoms with E-state index >= 15 is 0 Å². The standard InChI is InChI=1S/C15H20O4/c1-8-4-5-11(16)9(2)7-13-14(12(17)6-8)10(3)15(18)19-13/h6,11-14,16-17H,2-5,7H2,1H3/b8-6-/t11-,12-,13-,14+/m1/s1. The van der Waals surface area contributed by atoms with E-state index in [2.05, 4.69) is 13.2 Å². The van der Waals surface area contributed by atoms with Crippen molar-refractivity contribution in [1.29, 1.82) is 0 Å². The second kappa shape index (κ2) is 5.31. The van der Waals surface area contributed by atoms with Crippen LogP contribution in [0.5, 0.6) is 0 Å². The van der Waals surface area contributed by atoms with Gasteiger partial charge < -0.3 is 14.9 Å². The first kappa shape index (κ1) is 14.0. The molecule has 0 bridgehead atoms. The molecule has 2 rings (SSSR count). The molecular weight excluding hydrogens is 244 g/mol. The molecule has 0 radical (unpaired) electrons. The quantitative estimate of drug-likeness (QED) is 0.395. The molecule has 0 unspecified atom stereocenters. The number of rotatable bonds is 0. The third-order valence-electron chi connectivity index (χ3n) is 3.89. The van der Waals surface area contributed by atoms with Crippen LogP contribution in [0.4, 0.5) is 0 Å². The summed E-state index contributed by atoms with van der Waals surface area (Å²) in [4.78, 5) is 11.6. The number of carbonyl (C=O) groups excluding carboxylic acids is 1. The van der Waals surface area contributed by atoms with E-state index in [1.54, 1.807) is 6.08 Å². The van der Waals surface area contributed by atoms with Gasteiger partial charge in [-0.1, -0.05) is 24.8 Å². The van der Waals surface area contributed by atoms with Crippen molar-refractivity contribution < 1.29 is 19.7 Å². The average molecular weight is 264 g/mol. The molecule has 1 heterocycles. The van der Waals surface area contributed by atoms with Crippen molar-refractivity contribution in [3.63, 3.8) is 0 Å². The summed E-state index contributed by atoms with van der Waals surface area (Å²) in [5.41, 5.74) is 1.91. The van der Waals surface area contributed by atoms with Crippen molar-refractivity contribution >= 4 is 5.97 Å². The predicted octanol–water partition coefficient (Wildman–Crippen LogP) is 1.49. The van der Waals surface area contributed by atoms with Gasteiger partial charge >= 0.3 is 5.97 Å². The van der Waals surface area contributed by atoms with Crippen LogP contribution in [0.15, 0.2) is 36.0 Å². The summed E-state index contributed by atoms with van der Waals surface area (Å²) >= 11 is 0. The van der Waals surface area contributed by atoms with E-state index in [0.29, 0.717) is 30.4 Å². The van der Waals surface area contributed by atoms with Gasteiger partial charge in [0.2, 0.25) is 0 Å². The first-order valence-electron chi connectivity index (χ1n) is 6.51. The molecule has 104 valence electrons. The second-order valence-electron chi connectivity index (χ2n) is 5.42. The SMILES string of the molecule is C=C1C(=O)O[C@@H]2CC(=C)[C@H](O)CC/C(C)=C\[C@@H](O)[C@H]12. The van der Waals surface area contributed by atoms with Gasteiger partial charge in [-0.3, -0.25) is 0 Å². The van der Waals surface area contributed by atoms with Crippen molar-refractivity contribution in [3.05, 3.63) is 36.0 Å². The number of ether oxygens (including phenoxy) is 1. The van der Waals surface area contributed by atoms with Gasteiger partial charge in [0.15, 0.2) is 0 Å². The average Bonchev–Trinajstić information content (AvgIpc) is 2.60. The summed E-state index contributed by atoms with van der Waals surface area (Å²) in [5, 5.41) is 20.2. The van der Waals surface area contributed by atoms with E-state index in [9.17, 15) is 15.0 Å². The number of aliphatic hydroxyl groups excluding tert-OH is 2. The molecule has 0 saturated carbocycles. The monoisotopic (exact) mass is 264 g/mol. The van der Waals surface area contributed by atoms with Gasteiger partial charge in [-0.05, 0) is 25.3 Å². The van der Waals surface area contributed by atoms with E-state index in [0.717, 1.165) is 5.57 Å². The lowest BCUT2D eigenvalue weighted by molar-refractivity contribution is -0.139. The third-order valence-corrected chi connectivity index (χ3v) is 3.89. The van der Waals surface area contributed by atoms with Gasteiger partial charge in [0, 0.05) is 12.0 Å². The molecular formula is C15H20O4. The first-order chi connectivity index (χ1) is 8.90. The number of allylic oxidation sites excluding steroid dienone is 1. The number of esters is 1. The molecule has 0 amide bonds. The molecule has 4 atom stereocenters. The van der Waals surface area contributed by atoms with E-state index < -0.39 is 30.2 Å². The molecule has 1 aliphatic heterocycles. The number of hydrogen-bond acceptors (Lipinski definition) is 4. The van der Waals surface area contributed by atoms with Gasteiger partial charge in [-0.15, -0.1) is 0 Å². The molecule has 2 N–H and O–H groups in total.